The third-order valence-corrected chi connectivity index (χ3v) is 10.6. The van der Waals surface area contributed by atoms with E-state index < -0.39 is 104 Å². The van der Waals surface area contributed by atoms with Crippen LogP contribution >= 0.6 is 0 Å². The zero-order valence-corrected chi connectivity index (χ0v) is 34.6. The Bertz CT molecular complexity index is 3130. The Balaban J connectivity index is 0.909. The van der Waals surface area contributed by atoms with Crippen LogP contribution < -0.4 is 18.9 Å². The average molecular weight is 933 g/mol. The third kappa shape index (κ3) is 8.57. The average Bonchev–Trinajstić information content (AvgIpc) is 3.34. The molecule has 0 aliphatic heterocycles. The van der Waals surface area contributed by atoms with Crippen molar-refractivity contribution in [3.05, 3.63) is 202 Å². The molecular formula is C51H28F12O4. The fourth-order valence-electron chi connectivity index (χ4n) is 6.86. The highest BCUT2D eigenvalue weighted by atomic mass is 19.2. The summed E-state index contributed by atoms with van der Waals surface area (Å²) in [7, 11) is 0. The highest BCUT2D eigenvalue weighted by molar-refractivity contribution is 5.70. The Labute approximate surface area is 372 Å². The first-order valence-electron chi connectivity index (χ1n) is 19.7. The molecule has 0 bridgehead atoms. The van der Waals surface area contributed by atoms with Gasteiger partial charge in [0, 0.05) is 16.7 Å². The largest absolute Gasteiger partial charge is 0.457 e. The van der Waals surface area contributed by atoms with Crippen LogP contribution in [0.5, 0.6) is 46.0 Å². The molecular weight excluding hydrogens is 905 g/mol. The Kier molecular flexibility index (Phi) is 12.4. The lowest BCUT2D eigenvalue weighted by atomic mass is 9.99. The smallest absolute Gasteiger partial charge is 0.205 e. The van der Waals surface area contributed by atoms with Crippen molar-refractivity contribution in [1.29, 1.82) is 0 Å². The van der Waals surface area contributed by atoms with Gasteiger partial charge in [-0.15, -0.1) is 0 Å². The molecule has 0 saturated carbocycles. The van der Waals surface area contributed by atoms with Crippen LogP contribution in [-0.4, -0.2) is 0 Å². The van der Waals surface area contributed by atoms with Crippen molar-refractivity contribution in [2.75, 3.05) is 0 Å². The molecule has 16 heteroatoms. The SMILES string of the molecule is Cc1c(Oc2ccc(-c3ccc(Oc4c(F)c(F)c(C)c(F)c4F)cc3)cc2)cccc1Oc1ccc(-c2ccc(Oc3c(F)c(F)c(-c4c(F)c(F)c(C)c(F)c4F)c(F)c3F)cc2)cc1. The summed E-state index contributed by atoms with van der Waals surface area (Å²) in [5.74, 6) is -25.3. The molecule has 0 fully saturated rings. The summed E-state index contributed by atoms with van der Waals surface area (Å²) in [5, 5.41) is 0. The molecule has 8 rings (SSSR count). The molecule has 8 aromatic rings. The van der Waals surface area contributed by atoms with Gasteiger partial charge in [-0.2, -0.15) is 17.6 Å². The molecule has 0 unspecified atom stereocenters. The van der Waals surface area contributed by atoms with Gasteiger partial charge in [-0.25, -0.2) is 35.1 Å². The molecule has 8 aromatic carbocycles. The predicted molar refractivity (Wildman–Crippen MR) is 223 cm³/mol. The molecule has 0 saturated heterocycles. The molecule has 0 atom stereocenters. The van der Waals surface area contributed by atoms with Crippen LogP contribution in [0.4, 0.5) is 52.7 Å². The summed E-state index contributed by atoms with van der Waals surface area (Å²) in [4.78, 5) is 0. The van der Waals surface area contributed by atoms with Crippen molar-refractivity contribution in [2.45, 2.75) is 20.8 Å². The Hall–Kier alpha value is -7.88. The van der Waals surface area contributed by atoms with Crippen molar-refractivity contribution in [3.63, 3.8) is 0 Å². The van der Waals surface area contributed by atoms with E-state index in [-0.39, 0.29) is 11.5 Å². The Morgan fingerprint density at radius 2 is 0.493 bits per heavy atom. The van der Waals surface area contributed by atoms with Gasteiger partial charge in [0.2, 0.25) is 34.8 Å². The summed E-state index contributed by atoms with van der Waals surface area (Å²) in [6, 6.07) is 30.2. The summed E-state index contributed by atoms with van der Waals surface area (Å²) in [6.07, 6.45) is 0. The van der Waals surface area contributed by atoms with Crippen molar-refractivity contribution in [2.24, 2.45) is 0 Å². The summed E-state index contributed by atoms with van der Waals surface area (Å²) in [5.41, 5.74) is -2.64. The van der Waals surface area contributed by atoms with Crippen molar-refractivity contribution >= 4 is 0 Å². The molecule has 0 spiro atoms. The third-order valence-electron chi connectivity index (χ3n) is 10.6. The van der Waals surface area contributed by atoms with Gasteiger partial charge in [-0.1, -0.05) is 54.6 Å². The lowest BCUT2D eigenvalue weighted by molar-refractivity contribution is 0.362. The van der Waals surface area contributed by atoms with E-state index >= 15 is 17.6 Å². The monoisotopic (exact) mass is 932 g/mol. The zero-order chi connectivity index (χ0) is 48.0. The maximum atomic E-state index is 15.1. The van der Waals surface area contributed by atoms with Crippen molar-refractivity contribution < 1.29 is 71.6 Å². The van der Waals surface area contributed by atoms with Crippen LogP contribution in [0.3, 0.4) is 0 Å². The van der Waals surface area contributed by atoms with Crippen LogP contribution in [0.1, 0.15) is 16.7 Å². The highest BCUT2D eigenvalue weighted by Gasteiger charge is 2.34. The summed E-state index contributed by atoms with van der Waals surface area (Å²) in [6.45, 7) is 3.35. The predicted octanol–water partition coefficient (Wildman–Crippen LogP) is 16.5. The van der Waals surface area contributed by atoms with Crippen LogP contribution in [0, 0.1) is 90.6 Å². The first kappa shape index (κ1) is 45.7. The van der Waals surface area contributed by atoms with Gasteiger partial charge in [0.05, 0.1) is 11.1 Å². The van der Waals surface area contributed by atoms with Crippen LogP contribution in [-0.2, 0) is 0 Å². The van der Waals surface area contributed by atoms with E-state index in [2.05, 4.69) is 0 Å². The minimum Gasteiger partial charge on any atom is -0.457 e. The van der Waals surface area contributed by atoms with Gasteiger partial charge in [-0.3, -0.25) is 0 Å². The van der Waals surface area contributed by atoms with E-state index in [1.54, 1.807) is 85.8 Å². The van der Waals surface area contributed by atoms with E-state index in [0.717, 1.165) is 12.5 Å². The highest BCUT2D eigenvalue weighted by Crippen LogP contribution is 2.42. The zero-order valence-electron chi connectivity index (χ0n) is 34.6. The molecule has 67 heavy (non-hydrogen) atoms. The number of benzene rings is 8. The topological polar surface area (TPSA) is 36.9 Å². The van der Waals surface area contributed by atoms with Crippen LogP contribution in [0.2, 0.25) is 0 Å². The van der Waals surface area contributed by atoms with Gasteiger partial charge >= 0.3 is 0 Å². The minimum atomic E-state index is -2.35. The number of halogens is 12. The Morgan fingerprint density at radius 3 is 0.791 bits per heavy atom. The molecule has 0 aliphatic rings. The quantitative estimate of drug-likeness (QED) is 0.0957. The molecule has 0 radical (unpaired) electrons. The molecule has 4 nitrogen and oxygen atoms in total. The van der Waals surface area contributed by atoms with Gasteiger partial charge in [0.1, 0.15) is 34.5 Å². The van der Waals surface area contributed by atoms with E-state index in [0.29, 0.717) is 52.2 Å². The van der Waals surface area contributed by atoms with Gasteiger partial charge < -0.3 is 18.9 Å². The van der Waals surface area contributed by atoms with Crippen molar-refractivity contribution in [3.8, 4) is 79.4 Å². The minimum absolute atomic E-state index is 0.0540. The normalized spacial score (nSPS) is 11.2. The van der Waals surface area contributed by atoms with Gasteiger partial charge in [0.25, 0.3) is 0 Å². The second-order valence-electron chi connectivity index (χ2n) is 14.8. The van der Waals surface area contributed by atoms with E-state index in [4.69, 9.17) is 18.9 Å². The van der Waals surface area contributed by atoms with E-state index in [1.807, 2.05) is 0 Å². The maximum absolute atomic E-state index is 15.1. The number of hydrogen-bond donors (Lipinski definition) is 0. The standard InChI is InChI=1S/C51H28F12O4/c1-23-34(64-30-15-7-26(8-16-30)28-11-19-32(20-12-28)66-50-46(60)40(54)25(3)41(55)47(50)61)5-4-6-35(23)65-31-17-9-27(10-18-31)29-13-21-33(22-14-29)67-51-48(62)44(58)37(45(59)49(51)63)36-42(56)38(52)24(2)39(53)43(36)57/h4-22H,1-3H3. The molecule has 0 aromatic heterocycles. The van der Waals surface area contributed by atoms with Gasteiger partial charge in [-0.05, 0) is 104 Å². The van der Waals surface area contributed by atoms with Gasteiger partial charge in [0.15, 0.2) is 46.5 Å². The molecule has 340 valence electrons. The lowest BCUT2D eigenvalue weighted by Crippen LogP contribution is -2.09. The molecule has 0 amide bonds. The molecule has 0 aliphatic carbocycles. The van der Waals surface area contributed by atoms with Crippen LogP contribution in [0.25, 0.3) is 33.4 Å². The maximum Gasteiger partial charge on any atom is 0.205 e. The van der Waals surface area contributed by atoms with Crippen LogP contribution in [0.15, 0.2) is 115 Å². The van der Waals surface area contributed by atoms with E-state index in [1.165, 1.54) is 36.4 Å². The number of hydrogen-bond acceptors (Lipinski definition) is 4. The first-order chi connectivity index (χ1) is 31.9. The summed E-state index contributed by atoms with van der Waals surface area (Å²) >= 11 is 0. The van der Waals surface area contributed by atoms with Crippen molar-refractivity contribution in [1.82, 2.24) is 0 Å². The molecule has 0 N–H and O–H groups in total. The van der Waals surface area contributed by atoms with E-state index in [9.17, 15) is 35.1 Å². The second-order valence-corrected chi connectivity index (χ2v) is 14.8. The lowest BCUT2D eigenvalue weighted by Gasteiger charge is -2.15. The fraction of sp³-hybridized carbons (Fsp3) is 0.0588. The first-order valence-corrected chi connectivity index (χ1v) is 19.7. The Morgan fingerprint density at radius 1 is 0.254 bits per heavy atom. The number of ether oxygens (including phenoxy) is 4. The second kappa shape index (κ2) is 18.2. The fourth-order valence-corrected chi connectivity index (χ4v) is 6.86. The number of rotatable bonds is 11. The summed E-state index contributed by atoms with van der Waals surface area (Å²) < 4.78 is 197. The molecule has 0 heterocycles.